The summed E-state index contributed by atoms with van der Waals surface area (Å²) in [4.78, 5) is 0. The first kappa shape index (κ1) is 17.5. The summed E-state index contributed by atoms with van der Waals surface area (Å²) < 4.78 is 0. The van der Waals surface area contributed by atoms with Crippen molar-refractivity contribution in [3.63, 3.8) is 0 Å². The normalized spacial score (nSPS) is 13.4. The van der Waals surface area contributed by atoms with Gasteiger partial charge in [-0.2, -0.15) is 0 Å². The van der Waals surface area contributed by atoms with Crippen molar-refractivity contribution in [3.05, 3.63) is 76.9 Å². The minimum absolute atomic E-state index is 0.360. The topological polar surface area (TPSA) is 32.3 Å². The molecule has 2 nitrogen and oxygen atoms in total. The van der Waals surface area contributed by atoms with Gasteiger partial charge in [-0.05, 0) is 42.2 Å². The quantitative estimate of drug-likeness (QED) is 0.842. The smallest absolute Gasteiger partial charge is 0.0854 e. The summed E-state index contributed by atoms with van der Waals surface area (Å²) in [7, 11) is 0. The average molecular weight is 309 g/mol. The molecule has 2 heteroatoms. The Morgan fingerprint density at radius 3 is 2.43 bits per heavy atom. The monoisotopic (exact) mass is 309 g/mol. The molecule has 122 valence electrons. The van der Waals surface area contributed by atoms with E-state index < -0.39 is 6.10 Å². The molecule has 2 rings (SSSR count). The standard InChI is InChI=1S/C21H27NO/c1-15(2)22-14-19(23)13-21(18-8-6-5-7-9-18)20-12-16(3)10-11-17(20)4/h5-13,15,19,22-23H,14H2,1-4H3/b21-13+. The lowest BCUT2D eigenvalue weighted by Crippen LogP contribution is -2.31. The van der Waals surface area contributed by atoms with E-state index in [2.05, 4.69) is 63.3 Å². The molecule has 0 aliphatic carbocycles. The van der Waals surface area contributed by atoms with Crippen LogP contribution < -0.4 is 5.32 Å². The number of rotatable bonds is 6. The number of hydrogen-bond acceptors (Lipinski definition) is 2. The molecule has 0 radical (unpaired) electrons. The van der Waals surface area contributed by atoms with Crippen molar-refractivity contribution >= 4 is 5.57 Å². The molecule has 0 saturated carbocycles. The van der Waals surface area contributed by atoms with Gasteiger partial charge in [0.25, 0.3) is 0 Å². The third-order valence-corrected chi connectivity index (χ3v) is 3.86. The van der Waals surface area contributed by atoms with E-state index in [1.807, 2.05) is 24.3 Å². The third kappa shape index (κ3) is 5.05. The molecule has 2 aromatic carbocycles. The summed E-state index contributed by atoms with van der Waals surface area (Å²) >= 11 is 0. The Morgan fingerprint density at radius 2 is 1.78 bits per heavy atom. The van der Waals surface area contributed by atoms with Crippen LogP contribution in [0.5, 0.6) is 0 Å². The van der Waals surface area contributed by atoms with Gasteiger partial charge in [-0.1, -0.05) is 67.9 Å². The second-order valence-electron chi connectivity index (χ2n) is 6.40. The fraction of sp³-hybridized carbons (Fsp3) is 0.333. The largest absolute Gasteiger partial charge is 0.388 e. The van der Waals surface area contributed by atoms with Crippen LogP contribution in [0.15, 0.2) is 54.6 Å². The minimum Gasteiger partial charge on any atom is -0.388 e. The lowest BCUT2D eigenvalue weighted by molar-refractivity contribution is 0.215. The van der Waals surface area contributed by atoms with Gasteiger partial charge in [0.1, 0.15) is 0 Å². The van der Waals surface area contributed by atoms with E-state index in [1.165, 1.54) is 16.7 Å². The maximum Gasteiger partial charge on any atom is 0.0854 e. The first-order valence-corrected chi connectivity index (χ1v) is 8.23. The molecule has 1 unspecified atom stereocenters. The highest BCUT2D eigenvalue weighted by molar-refractivity contribution is 5.81. The molecule has 23 heavy (non-hydrogen) atoms. The number of aliphatic hydroxyl groups is 1. The molecule has 2 aromatic rings. The number of aryl methyl sites for hydroxylation is 2. The third-order valence-electron chi connectivity index (χ3n) is 3.86. The van der Waals surface area contributed by atoms with Gasteiger partial charge in [0, 0.05) is 12.6 Å². The Morgan fingerprint density at radius 1 is 1.09 bits per heavy atom. The molecule has 2 N–H and O–H groups in total. The van der Waals surface area contributed by atoms with Crippen LogP contribution in [0.4, 0.5) is 0 Å². The van der Waals surface area contributed by atoms with Crippen molar-refractivity contribution in [1.82, 2.24) is 5.32 Å². The molecule has 0 aromatic heterocycles. The van der Waals surface area contributed by atoms with Crippen LogP contribution in [0.1, 0.15) is 36.1 Å². The first-order chi connectivity index (χ1) is 11.0. The van der Waals surface area contributed by atoms with Crippen molar-refractivity contribution in [1.29, 1.82) is 0 Å². The molecule has 0 bridgehead atoms. The highest BCUT2D eigenvalue weighted by atomic mass is 16.3. The number of aliphatic hydroxyl groups excluding tert-OH is 1. The van der Waals surface area contributed by atoms with Gasteiger partial charge in [0.2, 0.25) is 0 Å². The Kier molecular flexibility index (Phi) is 6.14. The lowest BCUT2D eigenvalue weighted by atomic mass is 9.92. The fourth-order valence-corrected chi connectivity index (χ4v) is 2.59. The van der Waals surface area contributed by atoms with E-state index in [-0.39, 0.29) is 0 Å². The molecule has 0 aliphatic heterocycles. The number of benzene rings is 2. The van der Waals surface area contributed by atoms with Crippen LogP contribution in [0.2, 0.25) is 0 Å². The summed E-state index contributed by atoms with van der Waals surface area (Å²) in [5.74, 6) is 0. The van der Waals surface area contributed by atoms with Gasteiger partial charge < -0.3 is 10.4 Å². The van der Waals surface area contributed by atoms with E-state index in [4.69, 9.17) is 0 Å². The van der Waals surface area contributed by atoms with E-state index in [0.717, 1.165) is 11.1 Å². The van der Waals surface area contributed by atoms with Gasteiger partial charge in [-0.3, -0.25) is 0 Å². The fourth-order valence-electron chi connectivity index (χ4n) is 2.59. The molecule has 0 saturated heterocycles. The summed E-state index contributed by atoms with van der Waals surface area (Å²) in [6.07, 6.45) is 1.44. The van der Waals surface area contributed by atoms with E-state index in [1.54, 1.807) is 0 Å². The molecule has 1 atom stereocenters. The molecule has 0 fully saturated rings. The SMILES string of the molecule is Cc1ccc(C)c(/C(=C/C(O)CNC(C)C)c2ccccc2)c1. The first-order valence-electron chi connectivity index (χ1n) is 8.23. The molecular weight excluding hydrogens is 282 g/mol. The highest BCUT2D eigenvalue weighted by Gasteiger charge is 2.11. The van der Waals surface area contributed by atoms with Gasteiger partial charge >= 0.3 is 0 Å². The zero-order valence-corrected chi connectivity index (χ0v) is 14.5. The van der Waals surface area contributed by atoms with Crippen LogP contribution in [-0.4, -0.2) is 23.8 Å². The molecule has 0 amide bonds. The average Bonchev–Trinajstić information content (AvgIpc) is 2.54. The molecular formula is C21H27NO. The minimum atomic E-state index is -0.521. The van der Waals surface area contributed by atoms with E-state index >= 15 is 0 Å². The predicted octanol–water partition coefficient (Wildman–Crippen LogP) is 4.09. The Balaban J connectivity index is 2.42. The van der Waals surface area contributed by atoms with Crippen LogP contribution in [0, 0.1) is 13.8 Å². The van der Waals surface area contributed by atoms with Crippen molar-refractivity contribution in [2.75, 3.05) is 6.54 Å². The van der Waals surface area contributed by atoms with Crippen molar-refractivity contribution in [3.8, 4) is 0 Å². The highest BCUT2D eigenvalue weighted by Crippen LogP contribution is 2.27. The van der Waals surface area contributed by atoms with Crippen molar-refractivity contribution < 1.29 is 5.11 Å². The Hall–Kier alpha value is -1.90. The van der Waals surface area contributed by atoms with Crippen LogP contribution in [-0.2, 0) is 0 Å². The second kappa shape index (κ2) is 8.09. The number of nitrogens with one attached hydrogen (secondary N) is 1. The van der Waals surface area contributed by atoms with Crippen LogP contribution in [0.3, 0.4) is 0 Å². The zero-order chi connectivity index (χ0) is 16.8. The summed E-state index contributed by atoms with van der Waals surface area (Å²) in [6, 6.07) is 17.1. The summed E-state index contributed by atoms with van der Waals surface area (Å²) in [6.45, 7) is 8.93. The van der Waals surface area contributed by atoms with Crippen LogP contribution in [0.25, 0.3) is 5.57 Å². The zero-order valence-electron chi connectivity index (χ0n) is 14.5. The van der Waals surface area contributed by atoms with Crippen molar-refractivity contribution in [2.24, 2.45) is 0 Å². The Bertz CT molecular complexity index is 659. The van der Waals surface area contributed by atoms with Gasteiger partial charge in [-0.25, -0.2) is 0 Å². The lowest BCUT2D eigenvalue weighted by Gasteiger charge is -2.16. The maximum absolute atomic E-state index is 10.4. The van der Waals surface area contributed by atoms with Gasteiger partial charge in [0.05, 0.1) is 6.10 Å². The predicted molar refractivity (Wildman–Crippen MR) is 98.6 cm³/mol. The molecule has 0 heterocycles. The van der Waals surface area contributed by atoms with Gasteiger partial charge in [-0.15, -0.1) is 0 Å². The van der Waals surface area contributed by atoms with Crippen molar-refractivity contribution in [2.45, 2.75) is 39.8 Å². The molecule has 0 aliphatic rings. The van der Waals surface area contributed by atoms with Crippen LogP contribution >= 0.6 is 0 Å². The maximum atomic E-state index is 10.4. The Labute approximate surface area is 139 Å². The second-order valence-corrected chi connectivity index (χ2v) is 6.40. The van der Waals surface area contributed by atoms with Gasteiger partial charge in [0.15, 0.2) is 0 Å². The molecule has 0 spiro atoms. The summed E-state index contributed by atoms with van der Waals surface area (Å²) in [5, 5.41) is 13.7. The van der Waals surface area contributed by atoms with E-state index in [9.17, 15) is 5.11 Å². The summed E-state index contributed by atoms with van der Waals surface area (Å²) in [5.41, 5.74) is 5.84. The number of hydrogen-bond donors (Lipinski definition) is 2. The van der Waals surface area contributed by atoms with E-state index in [0.29, 0.717) is 12.6 Å².